The van der Waals surface area contributed by atoms with Crippen LogP contribution in [0.5, 0.6) is 0 Å². The second-order valence-corrected chi connectivity index (χ2v) is 10.4. The molecule has 230 valence electrons. The molecule has 0 saturated carbocycles. The van der Waals surface area contributed by atoms with Gasteiger partial charge in [-0.1, -0.05) is 60.7 Å². The topological polar surface area (TPSA) is 65.2 Å². The van der Waals surface area contributed by atoms with Crippen molar-refractivity contribution in [3.05, 3.63) is 107 Å². The molecule has 1 heterocycles. The van der Waals surface area contributed by atoms with Gasteiger partial charge in [-0.3, -0.25) is 9.69 Å². The second kappa shape index (κ2) is 13.5. The van der Waals surface area contributed by atoms with E-state index >= 15 is 0 Å². The van der Waals surface area contributed by atoms with Gasteiger partial charge >= 0.3 is 12.4 Å². The van der Waals surface area contributed by atoms with Crippen LogP contribution in [0.25, 0.3) is 0 Å². The van der Waals surface area contributed by atoms with Crippen LogP contribution in [0, 0.1) is 0 Å². The summed E-state index contributed by atoms with van der Waals surface area (Å²) in [4.78, 5) is 23.5. The van der Waals surface area contributed by atoms with E-state index in [1.54, 1.807) is 12.1 Å². The van der Waals surface area contributed by atoms with E-state index in [1.165, 1.54) is 11.9 Å². The number of aliphatic imine (C=N–C) groups is 1. The molecular weight excluding hydrogens is 572 g/mol. The first-order chi connectivity index (χ1) is 20.3. The minimum atomic E-state index is -4.94. The first kappa shape index (κ1) is 31.9. The molecule has 1 fully saturated rings. The molecule has 1 aliphatic rings. The number of hydrogen-bond donors (Lipinski definition) is 1. The van der Waals surface area contributed by atoms with Gasteiger partial charge in [-0.05, 0) is 41.3 Å². The zero-order valence-corrected chi connectivity index (χ0v) is 23.6. The highest BCUT2D eigenvalue weighted by molar-refractivity contribution is 5.83. The van der Waals surface area contributed by atoms with E-state index < -0.39 is 29.5 Å². The number of carbonyl (C=O) groups excluding carboxylic acids is 1. The Morgan fingerprint density at radius 3 is 1.91 bits per heavy atom. The molecular formula is C31H33F6N5O. The molecule has 0 aromatic heterocycles. The van der Waals surface area contributed by atoms with Gasteiger partial charge in [0.15, 0.2) is 5.96 Å². The quantitative estimate of drug-likeness (QED) is 0.206. The summed E-state index contributed by atoms with van der Waals surface area (Å²) in [5.74, 6) is 0.0934. The Morgan fingerprint density at radius 2 is 1.37 bits per heavy atom. The van der Waals surface area contributed by atoms with Crippen molar-refractivity contribution in [2.45, 2.75) is 31.4 Å². The number of piperazine rings is 1. The summed E-state index contributed by atoms with van der Waals surface area (Å²) in [6.45, 7) is 2.40. The van der Waals surface area contributed by atoms with Gasteiger partial charge < -0.3 is 15.5 Å². The van der Waals surface area contributed by atoms with Crippen LogP contribution < -0.4 is 5.73 Å². The zero-order valence-electron chi connectivity index (χ0n) is 23.6. The number of guanidine groups is 1. The highest BCUT2D eigenvalue weighted by atomic mass is 19.4. The summed E-state index contributed by atoms with van der Waals surface area (Å²) in [7, 11) is 1.50. The molecule has 0 bridgehead atoms. The van der Waals surface area contributed by atoms with Crippen molar-refractivity contribution in [1.29, 1.82) is 0 Å². The molecule has 12 heteroatoms. The lowest BCUT2D eigenvalue weighted by Gasteiger charge is -2.40. The van der Waals surface area contributed by atoms with E-state index in [-0.39, 0.29) is 30.5 Å². The lowest BCUT2D eigenvalue weighted by Crippen LogP contribution is -2.54. The van der Waals surface area contributed by atoms with E-state index in [1.807, 2.05) is 58.3 Å². The molecule has 2 N–H and O–H groups in total. The SMILES string of the molecule is CN(CCc1cc(C(F)(F)F)cc(C(F)(F)F)c1)C(=O)[C@H](c1ccccc1)N1CCN(C(N)=NCc2ccccc2)CC1. The van der Waals surface area contributed by atoms with Gasteiger partial charge in [0.05, 0.1) is 17.7 Å². The Morgan fingerprint density at radius 1 is 0.837 bits per heavy atom. The fourth-order valence-electron chi connectivity index (χ4n) is 4.99. The lowest BCUT2D eigenvalue weighted by molar-refractivity contribution is -0.143. The van der Waals surface area contributed by atoms with Gasteiger partial charge in [-0.2, -0.15) is 26.3 Å². The average Bonchev–Trinajstić information content (AvgIpc) is 2.99. The fourth-order valence-corrected chi connectivity index (χ4v) is 4.99. The van der Waals surface area contributed by atoms with Gasteiger partial charge in [0.1, 0.15) is 6.04 Å². The van der Waals surface area contributed by atoms with Crippen LogP contribution >= 0.6 is 0 Å². The van der Waals surface area contributed by atoms with Gasteiger partial charge in [0, 0.05) is 39.8 Å². The summed E-state index contributed by atoms with van der Waals surface area (Å²) >= 11 is 0. The van der Waals surface area contributed by atoms with Crippen molar-refractivity contribution in [1.82, 2.24) is 14.7 Å². The van der Waals surface area contributed by atoms with E-state index in [0.717, 1.165) is 11.1 Å². The standard InChI is InChI=1S/C31H33F6N5O/c1-40(13-12-23-18-25(30(32,33)34)20-26(19-23)31(35,36)37)28(43)27(24-10-6-3-7-11-24)41-14-16-42(17-15-41)29(38)39-21-22-8-4-2-5-9-22/h2-11,18-20,27H,12-17,21H2,1H3,(H2,38,39)/t27-/m0/s1. The van der Waals surface area contributed by atoms with Gasteiger partial charge in [0.2, 0.25) is 5.91 Å². The molecule has 1 atom stereocenters. The fraction of sp³-hybridized carbons (Fsp3) is 0.355. The predicted octanol–water partition coefficient (Wildman–Crippen LogP) is 5.60. The number of nitrogens with zero attached hydrogens (tertiary/aromatic N) is 4. The normalized spacial score (nSPS) is 15.8. The maximum absolute atomic E-state index is 13.8. The van der Waals surface area contributed by atoms with Gasteiger partial charge in [0.25, 0.3) is 0 Å². The number of hydrogen-bond acceptors (Lipinski definition) is 3. The summed E-state index contributed by atoms with van der Waals surface area (Å²) < 4.78 is 79.8. The minimum Gasteiger partial charge on any atom is -0.370 e. The Hall–Kier alpha value is -4.06. The van der Waals surface area contributed by atoms with Crippen molar-refractivity contribution >= 4 is 11.9 Å². The Kier molecular flexibility index (Phi) is 10.0. The number of rotatable bonds is 8. The third kappa shape index (κ3) is 8.50. The molecule has 43 heavy (non-hydrogen) atoms. The largest absolute Gasteiger partial charge is 0.416 e. The first-order valence-electron chi connectivity index (χ1n) is 13.7. The molecule has 0 aliphatic carbocycles. The number of halogens is 6. The molecule has 1 amide bonds. The summed E-state index contributed by atoms with van der Waals surface area (Å²) in [5, 5.41) is 0. The molecule has 1 aliphatic heterocycles. The third-order valence-corrected chi connectivity index (χ3v) is 7.38. The molecule has 0 radical (unpaired) electrons. The van der Waals surface area contributed by atoms with Crippen LogP contribution in [0.1, 0.15) is 33.9 Å². The predicted molar refractivity (Wildman–Crippen MR) is 152 cm³/mol. The van der Waals surface area contributed by atoms with Crippen LogP contribution in [-0.4, -0.2) is 66.3 Å². The van der Waals surface area contributed by atoms with Crippen molar-refractivity contribution < 1.29 is 31.1 Å². The molecule has 3 aromatic carbocycles. The second-order valence-electron chi connectivity index (χ2n) is 10.4. The summed E-state index contributed by atoms with van der Waals surface area (Å²) in [6, 6.07) is 19.6. The Bertz CT molecular complexity index is 1360. The Labute approximate surface area is 246 Å². The van der Waals surface area contributed by atoms with Crippen molar-refractivity contribution in [3.63, 3.8) is 0 Å². The molecule has 0 unspecified atom stereocenters. The van der Waals surface area contributed by atoms with E-state index in [4.69, 9.17) is 5.73 Å². The summed E-state index contributed by atoms with van der Waals surface area (Å²) in [6.07, 6.45) is -10.1. The van der Waals surface area contributed by atoms with Crippen molar-refractivity contribution in [2.75, 3.05) is 39.8 Å². The maximum Gasteiger partial charge on any atom is 0.416 e. The molecule has 6 nitrogen and oxygen atoms in total. The lowest BCUT2D eigenvalue weighted by atomic mass is 10.0. The van der Waals surface area contributed by atoms with Crippen LogP contribution in [-0.2, 0) is 30.1 Å². The van der Waals surface area contributed by atoms with Crippen molar-refractivity contribution in [3.8, 4) is 0 Å². The number of carbonyl (C=O) groups is 1. The number of likely N-dealkylation sites (N-methyl/N-ethyl adjacent to an activating group) is 1. The zero-order chi connectivity index (χ0) is 31.2. The number of benzene rings is 3. The van der Waals surface area contributed by atoms with E-state index in [0.29, 0.717) is 50.8 Å². The first-order valence-corrected chi connectivity index (χ1v) is 13.7. The van der Waals surface area contributed by atoms with Crippen LogP contribution in [0.3, 0.4) is 0 Å². The van der Waals surface area contributed by atoms with Crippen LogP contribution in [0.15, 0.2) is 83.9 Å². The van der Waals surface area contributed by atoms with Gasteiger partial charge in [-0.25, -0.2) is 4.99 Å². The highest BCUT2D eigenvalue weighted by Gasteiger charge is 2.37. The highest BCUT2D eigenvalue weighted by Crippen LogP contribution is 2.36. The molecule has 3 aromatic rings. The monoisotopic (exact) mass is 605 g/mol. The Balaban J connectivity index is 1.45. The van der Waals surface area contributed by atoms with E-state index in [9.17, 15) is 31.1 Å². The number of amides is 1. The van der Waals surface area contributed by atoms with Crippen LogP contribution in [0.2, 0.25) is 0 Å². The smallest absolute Gasteiger partial charge is 0.370 e. The molecule has 4 rings (SSSR count). The molecule has 1 saturated heterocycles. The van der Waals surface area contributed by atoms with Crippen molar-refractivity contribution in [2.24, 2.45) is 10.7 Å². The summed E-state index contributed by atoms with van der Waals surface area (Å²) in [5.41, 5.74) is 5.10. The van der Waals surface area contributed by atoms with Crippen LogP contribution in [0.4, 0.5) is 26.3 Å². The maximum atomic E-state index is 13.8. The molecule has 0 spiro atoms. The van der Waals surface area contributed by atoms with E-state index in [2.05, 4.69) is 4.99 Å². The number of nitrogens with two attached hydrogens (primary N) is 1. The minimum absolute atomic E-state index is 0.0696. The number of alkyl halides is 6. The third-order valence-electron chi connectivity index (χ3n) is 7.38. The van der Waals surface area contributed by atoms with Gasteiger partial charge in [-0.15, -0.1) is 0 Å². The average molecular weight is 606 g/mol.